The van der Waals surface area contributed by atoms with Gasteiger partial charge in [-0.3, -0.25) is 9.78 Å². The number of carbonyl (C=O) groups excluding carboxylic acids is 1. The minimum absolute atomic E-state index is 0.0160. The second-order valence-electron chi connectivity index (χ2n) is 7.03. The van der Waals surface area contributed by atoms with Crippen LogP contribution in [0.4, 0.5) is 5.82 Å². The van der Waals surface area contributed by atoms with Crippen molar-refractivity contribution in [2.75, 3.05) is 37.7 Å². The third-order valence-electron chi connectivity index (χ3n) is 5.05. The number of hydrogen-bond donors (Lipinski definition) is 1. The van der Waals surface area contributed by atoms with Gasteiger partial charge in [0.25, 0.3) is 0 Å². The quantitative estimate of drug-likeness (QED) is 0.679. The highest BCUT2D eigenvalue weighted by Crippen LogP contribution is 2.27. The van der Waals surface area contributed by atoms with E-state index in [0.717, 1.165) is 22.6 Å². The Morgan fingerprint density at radius 3 is 2.47 bits per heavy atom. The average Bonchev–Trinajstić information content (AvgIpc) is 2.80. The van der Waals surface area contributed by atoms with E-state index >= 15 is 0 Å². The zero-order valence-corrected chi connectivity index (χ0v) is 17.2. The maximum Gasteiger partial charge on any atom is 0.225 e. The molecule has 0 bridgehead atoms. The Balaban J connectivity index is 1.65. The summed E-state index contributed by atoms with van der Waals surface area (Å²) in [6, 6.07) is 13.3. The van der Waals surface area contributed by atoms with Crippen molar-refractivity contribution in [3.63, 3.8) is 0 Å². The van der Waals surface area contributed by atoms with Crippen LogP contribution >= 0.6 is 11.6 Å². The highest BCUT2D eigenvalue weighted by molar-refractivity contribution is 6.30. The van der Waals surface area contributed by atoms with E-state index in [0.29, 0.717) is 37.0 Å². The summed E-state index contributed by atoms with van der Waals surface area (Å²) in [7, 11) is 0. The third-order valence-corrected chi connectivity index (χ3v) is 5.31. The van der Waals surface area contributed by atoms with Gasteiger partial charge in [0.2, 0.25) is 5.91 Å². The lowest BCUT2D eigenvalue weighted by atomic mass is 10.1. The van der Waals surface area contributed by atoms with Gasteiger partial charge in [-0.1, -0.05) is 23.7 Å². The molecule has 0 saturated carbocycles. The van der Waals surface area contributed by atoms with Crippen molar-refractivity contribution in [3.05, 3.63) is 59.9 Å². The number of pyridine rings is 1. The molecule has 1 amide bonds. The molecular formula is C22H22ClN5O2. The number of halogens is 1. The first-order valence-electron chi connectivity index (χ1n) is 9.83. The van der Waals surface area contributed by atoms with Crippen molar-refractivity contribution in [1.82, 2.24) is 19.9 Å². The molecule has 1 saturated heterocycles. The molecule has 1 aliphatic heterocycles. The van der Waals surface area contributed by atoms with E-state index in [2.05, 4.69) is 9.88 Å². The Labute approximate surface area is 180 Å². The fourth-order valence-electron chi connectivity index (χ4n) is 3.43. The third kappa shape index (κ3) is 4.58. The van der Waals surface area contributed by atoms with E-state index in [1.807, 2.05) is 42.5 Å². The van der Waals surface area contributed by atoms with Crippen LogP contribution in [0.1, 0.15) is 6.42 Å². The Morgan fingerprint density at radius 2 is 1.80 bits per heavy atom. The van der Waals surface area contributed by atoms with Crippen molar-refractivity contribution in [3.8, 4) is 22.6 Å². The predicted octanol–water partition coefficient (Wildman–Crippen LogP) is 2.89. The summed E-state index contributed by atoms with van der Waals surface area (Å²) < 4.78 is 0. The van der Waals surface area contributed by atoms with Crippen molar-refractivity contribution in [2.24, 2.45) is 0 Å². The summed E-state index contributed by atoms with van der Waals surface area (Å²) in [4.78, 5) is 29.7. The minimum atomic E-state index is -0.121. The van der Waals surface area contributed by atoms with Crippen molar-refractivity contribution >= 4 is 23.3 Å². The van der Waals surface area contributed by atoms with Crippen LogP contribution in [0, 0.1) is 0 Å². The molecule has 0 spiro atoms. The van der Waals surface area contributed by atoms with Crippen LogP contribution in [0.25, 0.3) is 22.6 Å². The van der Waals surface area contributed by atoms with Crippen LogP contribution in [0.5, 0.6) is 0 Å². The number of aliphatic hydroxyl groups is 1. The minimum Gasteiger partial charge on any atom is -0.396 e. The Bertz CT molecular complexity index is 1010. The SMILES string of the molecule is O=C(CCO)N1CCN(c2cc(-c3ccc(Cl)cc3)nc(-c3cccnc3)n2)CC1. The van der Waals surface area contributed by atoms with Gasteiger partial charge in [-0.25, -0.2) is 9.97 Å². The van der Waals surface area contributed by atoms with Gasteiger partial charge in [0.05, 0.1) is 12.3 Å². The van der Waals surface area contributed by atoms with Crippen LogP contribution in [-0.4, -0.2) is 63.7 Å². The number of carbonyl (C=O) groups is 1. The summed E-state index contributed by atoms with van der Waals surface area (Å²) in [6.07, 6.45) is 3.63. The van der Waals surface area contributed by atoms with Crippen LogP contribution in [0.15, 0.2) is 54.9 Å². The molecule has 1 aliphatic rings. The lowest BCUT2D eigenvalue weighted by Gasteiger charge is -2.35. The molecule has 7 nitrogen and oxygen atoms in total. The van der Waals surface area contributed by atoms with Gasteiger partial charge >= 0.3 is 0 Å². The van der Waals surface area contributed by atoms with Gasteiger partial charge < -0.3 is 14.9 Å². The zero-order valence-electron chi connectivity index (χ0n) is 16.4. The predicted molar refractivity (Wildman–Crippen MR) is 116 cm³/mol. The van der Waals surface area contributed by atoms with Gasteiger partial charge in [-0.15, -0.1) is 0 Å². The molecule has 0 unspecified atom stereocenters. The molecular weight excluding hydrogens is 402 g/mol. The van der Waals surface area contributed by atoms with E-state index < -0.39 is 0 Å². The molecule has 3 aromatic rings. The van der Waals surface area contributed by atoms with Gasteiger partial charge in [0.15, 0.2) is 5.82 Å². The molecule has 2 aromatic heterocycles. The Hall–Kier alpha value is -3.03. The summed E-state index contributed by atoms with van der Waals surface area (Å²) >= 11 is 6.04. The monoisotopic (exact) mass is 423 g/mol. The van der Waals surface area contributed by atoms with Crippen molar-refractivity contribution in [1.29, 1.82) is 0 Å². The molecule has 8 heteroatoms. The number of hydrogen-bond acceptors (Lipinski definition) is 6. The molecule has 3 heterocycles. The normalized spacial score (nSPS) is 14.1. The lowest BCUT2D eigenvalue weighted by Crippen LogP contribution is -2.49. The van der Waals surface area contributed by atoms with Crippen LogP contribution in [-0.2, 0) is 4.79 Å². The van der Waals surface area contributed by atoms with Gasteiger partial charge in [-0.05, 0) is 24.3 Å². The number of benzene rings is 1. The maximum atomic E-state index is 12.1. The first kappa shape index (κ1) is 20.3. The average molecular weight is 424 g/mol. The molecule has 0 atom stereocenters. The summed E-state index contributed by atoms with van der Waals surface area (Å²) in [5, 5.41) is 9.67. The number of aromatic nitrogens is 3. The number of aliphatic hydroxyl groups excluding tert-OH is 1. The lowest BCUT2D eigenvalue weighted by molar-refractivity contribution is -0.132. The number of rotatable bonds is 5. The van der Waals surface area contributed by atoms with E-state index in [1.165, 1.54) is 0 Å². The number of anilines is 1. The fraction of sp³-hybridized carbons (Fsp3) is 0.273. The zero-order chi connectivity index (χ0) is 20.9. The molecule has 0 aliphatic carbocycles. The summed E-state index contributed by atoms with van der Waals surface area (Å²) in [5.74, 6) is 1.39. The van der Waals surface area contributed by atoms with Crippen LogP contribution in [0.3, 0.4) is 0 Å². The molecule has 0 radical (unpaired) electrons. The molecule has 1 aromatic carbocycles. The highest BCUT2D eigenvalue weighted by Gasteiger charge is 2.22. The fourth-order valence-corrected chi connectivity index (χ4v) is 3.55. The maximum absolute atomic E-state index is 12.1. The topological polar surface area (TPSA) is 82.5 Å². The molecule has 4 rings (SSSR count). The molecule has 30 heavy (non-hydrogen) atoms. The van der Waals surface area contributed by atoms with Crippen LogP contribution in [0.2, 0.25) is 5.02 Å². The summed E-state index contributed by atoms with van der Waals surface area (Å²) in [6.45, 7) is 2.41. The Kier molecular flexibility index (Phi) is 6.21. The first-order valence-corrected chi connectivity index (χ1v) is 10.2. The molecule has 154 valence electrons. The first-order chi connectivity index (χ1) is 14.6. The highest BCUT2D eigenvalue weighted by atomic mass is 35.5. The summed E-state index contributed by atoms with van der Waals surface area (Å²) in [5.41, 5.74) is 2.59. The number of amides is 1. The second kappa shape index (κ2) is 9.19. The Morgan fingerprint density at radius 1 is 1.03 bits per heavy atom. The smallest absolute Gasteiger partial charge is 0.225 e. The van der Waals surface area contributed by atoms with Crippen LogP contribution < -0.4 is 4.90 Å². The van der Waals surface area contributed by atoms with E-state index in [4.69, 9.17) is 26.7 Å². The van der Waals surface area contributed by atoms with E-state index in [9.17, 15) is 4.79 Å². The number of piperazine rings is 1. The largest absolute Gasteiger partial charge is 0.396 e. The molecule has 1 fully saturated rings. The van der Waals surface area contributed by atoms with Gasteiger partial charge in [0, 0.05) is 67.2 Å². The standard InChI is InChI=1S/C22H22ClN5O2/c23-18-5-3-16(4-6-18)19-14-20(26-22(25-19)17-2-1-8-24-15-17)27-9-11-28(12-10-27)21(30)7-13-29/h1-6,8,14-15,29H,7,9-13H2. The van der Waals surface area contributed by atoms with Crippen molar-refractivity contribution < 1.29 is 9.90 Å². The van der Waals surface area contributed by atoms with Gasteiger partial charge in [0.1, 0.15) is 5.82 Å². The second-order valence-corrected chi connectivity index (χ2v) is 7.46. The van der Waals surface area contributed by atoms with Gasteiger partial charge in [-0.2, -0.15) is 0 Å². The molecule has 1 N–H and O–H groups in total. The number of nitrogens with zero attached hydrogens (tertiary/aromatic N) is 5. The van der Waals surface area contributed by atoms with E-state index in [1.54, 1.807) is 17.3 Å². The van der Waals surface area contributed by atoms with E-state index in [-0.39, 0.29) is 18.9 Å². The van der Waals surface area contributed by atoms with Crippen molar-refractivity contribution in [2.45, 2.75) is 6.42 Å².